The molecule has 0 N–H and O–H groups in total. The van der Waals surface area contributed by atoms with Gasteiger partial charge in [0.1, 0.15) is 5.38 Å². The number of hydrogen-bond acceptors (Lipinski definition) is 6. The molecular formula is C29H29Cl3N4O4S. The van der Waals surface area contributed by atoms with Crippen molar-refractivity contribution in [3.8, 4) is 5.69 Å². The summed E-state index contributed by atoms with van der Waals surface area (Å²) in [5.41, 5.74) is 0.388. The molecule has 2 heterocycles. The van der Waals surface area contributed by atoms with Crippen molar-refractivity contribution in [3.63, 3.8) is 0 Å². The first-order valence-electron chi connectivity index (χ1n) is 12.6. The van der Waals surface area contributed by atoms with E-state index in [-0.39, 0.29) is 18.4 Å². The van der Waals surface area contributed by atoms with E-state index >= 15 is 0 Å². The van der Waals surface area contributed by atoms with E-state index in [1.165, 1.54) is 18.3 Å². The Morgan fingerprint density at radius 1 is 0.927 bits per heavy atom. The van der Waals surface area contributed by atoms with Crippen LogP contribution in [0, 0.1) is 0 Å². The van der Waals surface area contributed by atoms with Gasteiger partial charge in [-0.2, -0.15) is 0 Å². The predicted molar refractivity (Wildman–Crippen MR) is 164 cm³/mol. The first-order valence-corrected chi connectivity index (χ1v) is 14.7. The maximum absolute atomic E-state index is 13.4. The summed E-state index contributed by atoms with van der Waals surface area (Å²) in [5.74, 6) is 0.191. The van der Waals surface area contributed by atoms with Crippen molar-refractivity contribution in [1.29, 1.82) is 0 Å². The fraction of sp³-hybridized carbons (Fsp3) is 0.241. The van der Waals surface area contributed by atoms with Crippen LogP contribution in [0.5, 0.6) is 0 Å². The van der Waals surface area contributed by atoms with Gasteiger partial charge in [-0.1, -0.05) is 66.2 Å². The second-order valence-electron chi connectivity index (χ2n) is 8.65. The highest BCUT2D eigenvalue weighted by molar-refractivity contribution is 7.12. The van der Waals surface area contributed by atoms with Crippen LogP contribution in [0.2, 0.25) is 0 Å². The summed E-state index contributed by atoms with van der Waals surface area (Å²) in [6.07, 6.45) is 1.83. The molecule has 0 saturated carbocycles. The van der Waals surface area contributed by atoms with E-state index < -0.39 is 16.4 Å². The number of carbonyl (C=O) groups is 3. The molecule has 2 amide bonds. The summed E-state index contributed by atoms with van der Waals surface area (Å²) in [5, 5.41) is 5.86. The van der Waals surface area contributed by atoms with E-state index in [1.54, 1.807) is 27.5 Å². The molecule has 0 spiro atoms. The first-order chi connectivity index (χ1) is 19.7. The van der Waals surface area contributed by atoms with Gasteiger partial charge in [0.05, 0.1) is 10.6 Å². The third-order valence-corrected chi connectivity index (χ3v) is 6.79. The van der Waals surface area contributed by atoms with Gasteiger partial charge in [-0.3, -0.25) is 14.5 Å². The molecule has 41 heavy (non-hydrogen) atoms. The summed E-state index contributed by atoms with van der Waals surface area (Å²) in [6.45, 7) is 4.18. The third kappa shape index (κ3) is 10.2. The minimum atomic E-state index is -0.873. The van der Waals surface area contributed by atoms with Gasteiger partial charge in [-0.05, 0) is 43.0 Å². The van der Waals surface area contributed by atoms with Crippen LogP contribution in [0.4, 0.5) is 10.6 Å². The Morgan fingerprint density at radius 2 is 1.59 bits per heavy atom. The van der Waals surface area contributed by atoms with Crippen molar-refractivity contribution in [2.45, 2.75) is 31.3 Å². The number of aromatic nitrogens is 2. The monoisotopic (exact) mass is 634 g/mol. The lowest BCUT2D eigenvalue weighted by Crippen LogP contribution is -2.43. The minimum Gasteiger partial charge on any atom is -0.434 e. The van der Waals surface area contributed by atoms with Gasteiger partial charge in [0.25, 0.3) is 5.91 Å². The SMILES string of the molecule is CC(Cl)C(=O)N(CCN(C(=O)c1cccs1)c1ccn(-c2ccccc2)n1)Cc1ccccc1.CC(Cl)OC(=O)Cl. The van der Waals surface area contributed by atoms with Gasteiger partial charge >= 0.3 is 5.43 Å². The van der Waals surface area contributed by atoms with Crippen molar-refractivity contribution in [2.75, 3.05) is 18.0 Å². The molecule has 0 aliphatic heterocycles. The van der Waals surface area contributed by atoms with Crippen LogP contribution in [0.25, 0.3) is 5.69 Å². The first kappa shape index (κ1) is 32.1. The number of alkyl halides is 2. The Kier molecular flexibility index (Phi) is 12.7. The molecular weight excluding hydrogens is 607 g/mol. The Bertz CT molecular complexity index is 1380. The fourth-order valence-corrected chi connectivity index (χ4v) is 4.78. The van der Waals surface area contributed by atoms with Gasteiger partial charge in [0, 0.05) is 43.5 Å². The summed E-state index contributed by atoms with van der Waals surface area (Å²) >= 11 is 17.4. The molecule has 4 aromatic rings. The van der Waals surface area contributed by atoms with Crippen LogP contribution in [-0.2, 0) is 16.1 Å². The molecule has 0 radical (unpaired) electrons. The normalized spacial score (nSPS) is 11.9. The Morgan fingerprint density at radius 3 is 2.12 bits per heavy atom. The van der Waals surface area contributed by atoms with Crippen molar-refractivity contribution in [1.82, 2.24) is 14.7 Å². The number of anilines is 1. The molecule has 0 bridgehead atoms. The molecule has 8 nitrogen and oxygen atoms in total. The van der Waals surface area contributed by atoms with Gasteiger partial charge in [-0.25, -0.2) is 9.48 Å². The maximum atomic E-state index is 13.4. The van der Waals surface area contributed by atoms with Crippen LogP contribution >= 0.6 is 46.1 Å². The zero-order valence-electron chi connectivity index (χ0n) is 22.4. The quantitative estimate of drug-likeness (QED) is 0.136. The standard InChI is InChI=1S/C26H25ClN4O2S.C3H4Cl2O2/c1-20(27)25(32)29(19-21-9-4-2-5-10-21)16-17-30(26(33)23-13-8-18-34-23)24-14-15-31(28-24)22-11-6-3-7-12-22;1-2(4)7-3(5)6/h2-15,18,20H,16-17,19H2,1H3;2H,1H3. The average molecular weight is 636 g/mol. The molecule has 0 fully saturated rings. The number of hydrogen-bond donors (Lipinski definition) is 0. The number of rotatable bonds is 10. The number of halogens is 3. The van der Waals surface area contributed by atoms with Gasteiger partial charge in [0.15, 0.2) is 11.4 Å². The number of nitrogens with zero attached hydrogens (tertiary/aromatic N) is 4. The molecule has 0 aliphatic carbocycles. The number of thiophene rings is 1. The number of benzene rings is 2. The van der Waals surface area contributed by atoms with E-state index in [9.17, 15) is 14.4 Å². The van der Waals surface area contributed by atoms with Crippen molar-refractivity contribution in [2.24, 2.45) is 0 Å². The lowest BCUT2D eigenvalue weighted by Gasteiger charge is -2.27. The minimum absolute atomic E-state index is 0.153. The highest BCUT2D eigenvalue weighted by atomic mass is 35.5. The Hall–Kier alpha value is -3.37. The summed E-state index contributed by atoms with van der Waals surface area (Å²) < 4.78 is 5.88. The lowest BCUT2D eigenvalue weighted by molar-refractivity contribution is -0.131. The molecule has 2 atom stereocenters. The molecule has 216 valence electrons. The number of amides is 2. The van der Waals surface area contributed by atoms with Gasteiger partial charge < -0.3 is 9.64 Å². The Balaban J connectivity index is 0.000000587. The molecule has 2 aromatic carbocycles. The Labute approximate surface area is 258 Å². The van der Waals surface area contributed by atoms with E-state index in [2.05, 4.69) is 9.84 Å². The maximum Gasteiger partial charge on any atom is 0.405 e. The second kappa shape index (κ2) is 16.2. The fourth-order valence-electron chi connectivity index (χ4n) is 3.71. The average Bonchev–Trinajstić information content (AvgIpc) is 3.66. The number of para-hydroxylation sites is 1. The van der Waals surface area contributed by atoms with Crippen LogP contribution in [0.15, 0.2) is 90.4 Å². The van der Waals surface area contributed by atoms with E-state index in [1.807, 2.05) is 84.4 Å². The van der Waals surface area contributed by atoms with E-state index in [0.717, 1.165) is 11.3 Å². The lowest BCUT2D eigenvalue weighted by atomic mass is 10.2. The van der Waals surface area contributed by atoms with Crippen LogP contribution in [0.1, 0.15) is 29.1 Å². The van der Waals surface area contributed by atoms with Gasteiger partial charge in [-0.15, -0.1) is 28.0 Å². The highest BCUT2D eigenvalue weighted by Crippen LogP contribution is 2.20. The van der Waals surface area contributed by atoms with Crippen molar-refractivity contribution in [3.05, 3.63) is 101 Å². The number of ether oxygens (including phenoxy) is 1. The van der Waals surface area contributed by atoms with E-state index in [4.69, 9.17) is 34.8 Å². The summed E-state index contributed by atoms with van der Waals surface area (Å²) in [4.78, 5) is 39.9. The van der Waals surface area contributed by atoms with Crippen molar-refractivity contribution < 1.29 is 19.1 Å². The smallest absolute Gasteiger partial charge is 0.405 e. The van der Waals surface area contributed by atoms with Crippen LogP contribution in [-0.4, -0.2) is 56.0 Å². The zero-order valence-corrected chi connectivity index (χ0v) is 25.5. The molecule has 12 heteroatoms. The van der Waals surface area contributed by atoms with Crippen LogP contribution < -0.4 is 4.90 Å². The molecule has 4 rings (SSSR count). The summed E-state index contributed by atoms with van der Waals surface area (Å²) in [6, 6.07) is 24.9. The van der Waals surface area contributed by atoms with Crippen molar-refractivity contribution >= 4 is 69.2 Å². The summed E-state index contributed by atoms with van der Waals surface area (Å²) in [7, 11) is 0. The highest BCUT2D eigenvalue weighted by Gasteiger charge is 2.25. The molecule has 0 saturated heterocycles. The largest absolute Gasteiger partial charge is 0.434 e. The zero-order chi connectivity index (χ0) is 29.8. The van der Waals surface area contributed by atoms with Crippen LogP contribution in [0.3, 0.4) is 0 Å². The second-order valence-corrected chi connectivity index (χ2v) is 11.2. The topological polar surface area (TPSA) is 84.7 Å². The predicted octanol–water partition coefficient (Wildman–Crippen LogP) is 7.18. The van der Waals surface area contributed by atoms with E-state index in [0.29, 0.717) is 23.8 Å². The molecule has 0 aliphatic rings. The third-order valence-electron chi connectivity index (χ3n) is 5.57. The molecule has 2 unspecified atom stereocenters. The van der Waals surface area contributed by atoms with Gasteiger partial charge in [0.2, 0.25) is 5.91 Å². The molecule has 2 aromatic heterocycles. The number of carbonyl (C=O) groups excluding carboxylic acids is 3.